The largest absolute Gasteiger partial charge is 0.492 e. The van der Waals surface area contributed by atoms with Crippen molar-refractivity contribution in [2.24, 2.45) is 0 Å². The molecule has 7 nitrogen and oxygen atoms in total. The SMILES string of the molecule is COc1c(-c2cc(N3CCCC3)nc(N)n2)n[nH]c1C. The maximum Gasteiger partial charge on any atom is 0.222 e. The number of anilines is 2. The molecular weight excluding hydrogens is 256 g/mol. The van der Waals surface area contributed by atoms with Gasteiger partial charge < -0.3 is 15.4 Å². The summed E-state index contributed by atoms with van der Waals surface area (Å²) in [7, 11) is 1.62. The number of aromatic nitrogens is 4. The number of methoxy groups -OCH3 is 1. The van der Waals surface area contributed by atoms with Gasteiger partial charge >= 0.3 is 0 Å². The van der Waals surface area contributed by atoms with Crippen molar-refractivity contribution in [1.82, 2.24) is 20.2 Å². The number of ether oxygens (including phenoxy) is 1. The van der Waals surface area contributed by atoms with Crippen molar-refractivity contribution < 1.29 is 4.74 Å². The Morgan fingerprint density at radius 3 is 2.75 bits per heavy atom. The molecule has 1 saturated heterocycles. The molecular formula is C13H18N6O. The number of nitrogens with two attached hydrogens (primary N) is 1. The van der Waals surface area contributed by atoms with Gasteiger partial charge in [-0.15, -0.1) is 0 Å². The molecule has 1 aliphatic rings. The van der Waals surface area contributed by atoms with E-state index < -0.39 is 0 Å². The second-order valence-electron chi connectivity index (χ2n) is 4.89. The first kappa shape index (κ1) is 12.7. The molecule has 2 aromatic heterocycles. The monoisotopic (exact) mass is 274 g/mol. The van der Waals surface area contributed by atoms with E-state index in [0.717, 1.165) is 24.6 Å². The van der Waals surface area contributed by atoms with Crippen LogP contribution in [0.3, 0.4) is 0 Å². The third kappa shape index (κ3) is 2.15. The Balaban J connectivity index is 2.04. The quantitative estimate of drug-likeness (QED) is 0.878. The summed E-state index contributed by atoms with van der Waals surface area (Å²) in [6.07, 6.45) is 2.37. The fraction of sp³-hybridized carbons (Fsp3) is 0.462. The highest BCUT2D eigenvalue weighted by atomic mass is 16.5. The first-order chi connectivity index (χ1) is 9.69. The number of H-pyrrole nitrogens is 1. The second-order valence-corrected chi connectivity index (χ2v) is 4.89. The summed E-state index contributed by atoms with van der Waals surface area (Å²) in [5.74, 6) is 1.80. The molecule has 0 spiro atoms. The first-order valence-electron chi connectivity index (χ1n) is 6.68. The molecule has 0 atom stereocenters. The summed E-state index contributed by atoms with van der Waals surface area (Å²) in [6, 6.07) is 1.92. The van der Waals surface area contributed by atoms with Crippen LogP contribution in [0, 0.1) is 6.92 Å². The number of nitrogens with zero attached hydrogens (tertiary/aromatic N) is 4. The number of aromatic amines is 1. The van der Waals surface area contributed by atoms with Gasteiger partial charge in [0, 0.05) is 19.2 Å². The minimum absolute atomic E-state index is 0.257. The Kier molecular flexibility index (Phi) is 3.17. The minimum atomic E-state index is 0.257. The lowest BCUT2D eigenvalue weighted by Gasteiger charge is -2.17. The molecule has 0 amide bonds. The molecule has 3 heterocycles. The van der Waals surface area contributed by atoms with E-state index in [9.17, 15) is 0 Å². The third-order valence-electron chi connectivity index (χ3n) is 3.50. The molecule has 0 radical (unpaired) electrons. The van der Waals surface area contributed by atoms with E-state index >= 15 is 0 Å². The van der Waals surface area contributed by atoms with E-state index in [-0.39, 0.29) is 5.95 Å². The number of rotatable bonds is 3. The summed E-state index contributed by atoms with van der Waals surface area (Å²) in [4.78, 5) is 10.8. The van der Waals surface area contributed by atoms with Gasteiger partial charge in [-0.05, 0) is 19.8 Å². The topological polar surface area (TPSA) is 92.9 Å². The highest BCUT2D eigenvalue weighted by molar-refractivity contribution is 5.67. The van der Waals surface area contributed by atoms with Crippen molar-refractivity contribution in [2.45, 2.75) is 19.8 Å². The van der Waals surface area contributed by atoms with Gasteiger partial charge in [-0.2, -0.15) is 10.1 Å². The van der Waals surface area contributed by atoms with Crippen LogP contribution >= 0.6 is 0 Å². The van der Waals surface area contributed by atoms with Gasteiger partial charge in [-0.3, -0.25) is 5.10 Å². The lowest BCUT2D eigenvalue weighted by molar-refractivity contribution is 0.413. The van der Waals surface area contributed by atoms with Gasteiger partial charge in [0.1, 0.15) is 11.5 Å². The average Bonchev–Trinajstić information content (AvgIpc) is 3.06. The van der Waals surface area contributed by atoms with E-state index in [2.05, 4.69) is 25.1 Å². The van der Waals surface area contributed by atoms with E-state index in [1.807, 2.05) is 13.0 Å². The Labute approximate surface area is 117 Å². The summed E-state index contributed by atoms with van der Waals surface area (Å²) in [5.41, 5.74) is 8.05. The molecule has 1 aliphatic heterocycles. The molecule has 106 valence electrons. The van der Waals surface area contributed by atoms with Crippen molar-refractivity contribution in [3.8, 4) is 17.1 Å². The van der Waals surface area contributed by atoms with Crippen molar-refractivity contribution in [3.63, 3.8) is 0 Å². The number of aryl methyl sites for hydroxylation is 1. The molecule has 0 bridgehead atoms. The predicted molar refractivity (Wildman–Crippen MR) is 76.8 cm³/mol. The van der Waals surface area contributed by atoms with Crippen LogP contribution in [-0.4, -0.2) is 40.4 Å². The number of hydrogen-bond acceptors (Lipinski definition) is 6. The molecule has 2 aromatic rings. The van der Waals surface area contributed by atoms with Crippen LogP contribution in [0.1, 0.15) is 18.5 Å². The third-order valence-corrected chi connectivity index (χ3v) is 3.50. The Hall–Kier alpha value is -2.31. The summed E-state index contributed by atoms with van der Waals surface area (Å²) < 4.78 is 5.37. The van der Waals surface area contributed by atoms with Crippen LogP contribution in [0.4, 0.5) is 11.8 Å². The van der Waals surface area contributed by atoms with Crippen LogP contribution in [0.5, 0.6) is 5.75 Å². The molecule has 7 heteroatoms. The first-order valence-corrected chi connectivity index (χ1v) is 6.68. The normalized spacial score (nSPS) is 14.8. The van der Waals surface area contributed by atoms with Crippen LogP contribution in [-0.2, 0) is 0 Å². The van der Waals surface area contributed by atoms with Gasteiger partial charge in [0.25, 0.3) is 0 Å². The van der Waals surface area contributed by atoms with Crippen molar-refractivity contribution in [1.29, 1.82) is 0 Å². The van der Waals surface area contributed by atoms with Gasteiger partial charge in [-0.1, -0.05) is 0 Å². The zero-order chi connectivity index (χ0) is 14.1. The van der Waals surface area contributed by atoms with E-state index in [0.29, 0.717) is 17.1 Å². The number of nitrogens with one attached hydrogen (secondary N) is 1. The lowest BCUT2D eigenvalue weighted by Crippen LogP contribution is -2.19. The van der Waals surface area contributed by atoms with Gasteiger partial charge in [0.15, 0.2) is 11.4 Å². The zero-order valence-corrected chi connectivity index (χ0v) is 11.7. The molecule has 20 heavy (non-hydrogen) atoms. The highest BCUT2D eigenvalue weighted by Crippen LogP contribution is 2.31. The van der Waals surface area contributed by atoms with Crippen molar-refractivity contribution in [2.75, 3.05) is 30.8 Å². The maximum atomic E-state index is 5.84. The van der Waals surface area contributed by atoms with Crippen LogP contribution in [0.25, 0.3) is 11.4 Å². The highest BCUT2D eigenvalue weighted by Gasteiger charge is 2.19. The fourth-order valence-corrected chi connectivity index (χ4v) is 2.52. The molecule has 0 aliphatic carbocycles. The standard InChI is InChI=1S/C13H18N6O/c1-8-12(20-2)11(18-17-8)9-7-10(16-13(14)15-9)19-5-3-4-6-19/h7H,3-6H2,1-2H3,(H,17,18)(H2,14,15,16). The van der Waals surface area contributed by atoms with Crippen LogP contribution in [0.2, 0.25) is 0 Å². The lowest BCUT2D eigenvalue weighted by atomic mass is 10.2. The molecule has 1 fully saturated rings. The maximum absolute atomic E-state index is 5.84. The molecule has 3 rings (SSSR count). The zero-order valence-electron chi connectivity index (χ0n) is 11.7. The fourth-order valence-electron chi connectivity index (χ4n) is 2.52. The number of hydrogen-bond donors (Lipinski definition) is 2. The molecule has 0 unspecified atom stereocenters. The Bertz CT molecular complexity index is 617. The number of nitrogen functional groups attached to an aromatic ring is 1. The van der Waals surface area contributed by atoms with Gasteiger partial charge in [0.2, 0.25) is 5.95 Å². The molecule has 3 N–H and O–H groups in total. The average molecular weight is 274 g/mol. The smallest absolute Gasteiger partial charge is 0.222 e. The molecule has 0 aromatic carbocycles. The van der Waals surface area contributed by atoms with Gasteiger partial charge in [-0.25, -0.2) is 4.98 Å². The van der Waals surface area contributed by atoms with E-state index in [4.69, 9.17) is 10.5 Å². The van der Waals surface area contributed by atoms with Gasteiger partial charge in [0.05, 0.1) is 12.8 Å². The van der Waals surface area contributed by atoms with Crippen molar-refractivity contribution >= 4 is 11.8 Å². The molecule has 0 saturated carbocycles. The van der Waals surface area contributed by atoms with Crippen LogP contribution < -0.4 is 15.4 Å². The summed E-state index contributed by atoms with van der Waals surface area (Å²) in [6.45, 7) is 3.92. The summed E-state index contributed by atoms with van der Waals surface area (Å²) in [5, 5.41) is 7.16. The Morgan fingerprint density at radius 2 is 2.05 bits per heavy atom. The minimum Gasteiger partial charge on any atom is -0.492 e. The second kappa shape index (κ2) is 4.99. The van der Waals surface area contributed by atoms with E-state index in [1.165, 1.54) is 12.8 Å². The van der Waals surface area contributed by atoms with Crippen LogP contribution in [0.15, 0.2) is 6.07 Å². The predicted octanol–water partition coefficient (Wildman–Crippen LogP) is 1.37. The summed E-state index contributed by atoms with van der Waals surface area (Å²) >= 11 is 0. The van der Waals surface area contributed by atoms with Crippen molar-refractivity contribution in [3.05, 3.63) is 11.8 Å². The van der Waals surface area contributed by atoms with E-state index in [1.54, 1.807) is 7.11 Å². The Morgan fingerprint density at radius 1 is 1.30 bits per heavy atom.